The molecule has 0 aromatic carbocycles. The molecular weight excluding hydrogens is 305 g/mol. The highest BCUT2D eigenvalue weighted by Gasteiger charge is 2.20. The second kappa shape index (κ2) is 5.71. The highest BCUT2D eigenvalue weighted by Crippen LogP contribution is 2.20. The van der Waals surface area contributed by atoms with Crippen LogP contribution in [-0.2, 0) is 6.54 Å². The van der Waals surface area contributed by atoms with E-state index in [0.717, 1.165) is 11.0 Å². The fourth-order valence-corrected chi connectivity index (χ4v) is 2.74. The zero-order chi connectivity index (χ0) is 10.6. The van der Waals surface area contributed by atoms with Crippen LogP contribution in [0.15, 0.2) is 15.9 Å². The number of hydrogen-bond acceptors (Lipinski definition) is 2. The lowest BCUT2D eigenvalue weighted by Crippen LogP contribution is -2.45. The molecule has 0 saturated carbocycles. The van der Waals surface area contributed by atoms with Crippen molar-refractivity contribution in [1.29, 1.82) is 0 Å². The molecule has 1 nitrogen and oxygen atoms in total. The first-order chi connectivity index (χ1) is 6.59. The Morgan fingerprint density at radius 2 is 2.14 bits per heavy atom. The lowest BCUT2D eigenvalue weighted by atomic mass is 10.1. The molecule has 1 heterocycles. The van der Waals surface area contributed by atoms with Gasteiger partial charge in [0.25, 0.3) is 0 Å². The predicted molar refractivity (Wildman–Crippen MR) is 68.7 cm³/mol. The van der Waals surface area contributed by atoms with Crippen LogP contribution in [0.3, 0.4) is 0 Å². The number of nitrogens with one attached hydrogen (secondary N) is 1. The van der Waals surface area contributed by atoms with Crippen LogP contribution in [0.5, 0.6) is 0 Å². The van der Waals surface area contributed by atoms with Crippen molar-refractivity contribution in [2.45, 2.75) is 19.0 Å². The maximum Gasteiger partial charge on any atom is 0.0428 e. The smallest absolute Gasteiger partial charge is 0.0428 e. The molecule has 0 aliphatic rings. The van der Waals surface area contributed by atoms with Gasteiger partial charge in [0.2, 0.25) is 0 Å². The molecule has 1 rings (SSSR count). The molecule has 0 unspecified atom stereocenters. The molecule has 14 heavy (non-hydrogen) atoms. The summed E-state index contributed by atoms with van der Waals surface area (Å²) in [5.74, 6) is 1.03. The van der Waals surface area contributed by atoms with Crippen LogP contribution < -0.4 is 5.32 Å². The lowest BCUT2D eigenvalue weighted by molar-refractivity contribution is 0.437. The first-order valence-electron chi connectivity index (χ1n) is 4.19. The van der Waals surface area contributed by atoms with Crippen LogP contribution in [0, 0.1) is 0 Å². The highest BCUT2D eigenvalue weighted by molar-refractivity contribution is 9.10. The van der Waals surface area contributed by atoms with E-state index in [1.165, 1.54) is 4.88 Å². The molecule has 0 spiro atoms. The van der Waals surface area contributed by atoms with Crippen molar-refractivity contribution < 1.29 is 0 Å². The number of alkyl halides is 2. The lowest BCUT2D eigenvalue weighted by Gasteiger charge is -2.25. The standard InChI is InChI=1S/C9H12BrCl2NS/c1-9(5-11,6-12)13-3-8-2-7(10)4-14-8/h2,4,13H,3,5-6H2,1H3. The van der Waals surface area contributed by atoms with Gasteiger partial charge in [0.05, 0.1) is 0 Å². The molecule has 0 atom stereocenters. The van der Waals surface area contributed by atoms with E-state index in [0.29, 0.717) is 11.8 Å². The first kappa shape index (κ1) is 12.8. The second-order valence-electron chi connectivity index (χ2n) is 3.41. The molecule has 0 saturated heterocycles. The molecule has 1 aromatic rings. The number of thiophene rings is 1. The van der Waals surface area contributed by atoms with Crippen molar-refractivity contribution in [2.75, 3.05) is 11.8 Å². The molecule has 1 aromatic heterocycles. The third-order valence-corrected chi connectivity index (χ3v) is 4.78. The van der Waals surface area contributed by atoms with E-state index < -0.39 is 0 Å². The highest BCUT2D eigenvalue weighted by atomic mass is 79.9. The zero-order valence-electron chi connectivity index (χ0n) is 7.82. The molecular formula is C9H12BrCl2NS. The summed E-state index contributed by atoms with van der Waals surface area (Å²) in [6.07, 6.45) is 0. The van der Waals surface area contributed by atoms with Gasteiger partial charge >= 0.3 is 0 Å². The normalized spacial score (nSPS) is 12.0. The van der Waals surface area contributed by atoms with E-state index >= 15 is 0 Å². The fraction of sp³-hybridized carbons (Fsp3) is 0.556. The van der Waals surface area contributed by atoms with Crippen LogP contribution in [0.1, 0.15) is 11.8 Å². The summed E-state index contributed by atoms with van der Waals surface area (Å²) in [6, 6.07) is 2.10. The van der Waals surface area contributed by atoms with Crippen molar-refractivity contribution >= 4 is 50.5 Å². The van der Waals surface area contributed by atoms with Crippen molar-refractivity contribution in [3.8, 4) is 0 Å². The minimum atomic E-state index is -0.181. The van der Waals surface area contributed by atoms with Crippen molar-refractivity contribution in [1.82, 2.24) is 5.32 Å². The van der Waals surface area contributed by atoms with Gasteiger partial charge in [0, 0.05) is 38.6 Å². The monoisotopic (exact) mass is 315 g/mol. The molecule has 80 valence electrons. The molecule has 0 bridgehead atoms. The third kappa shape index (κ3) is 3.70. The summed E-state index contributed by atoms with van der Waals surface area (Å²) >= 11 is 16.8. The quantitative estimate of drug-likeness (QED) is 0.814. The number of halogens is 3. The van der Waals surface area contributed by atoms with Crippen LogP contribution in [0.4, 0.5) is 0 Å². The average Bonchev–Trinajstić information content (AvgIpc) is 2.61. The SMILES string of the molecule is CC(CCl)(CCl)NCc1cc(Br)cs1. The molecule has 0 aliphatic heterocycles. The van der Waals surface area contributed by atoms with Crippen LogP contribution in [0.25, 0.3) is 0 Å². The van der Waals surface area contributed by atoms with Gasteiger partial charge in [0.1, 0.15) is 0 Å². The first-order valence-corrected chi connectivity index (χ1v) is 6.94. The van der Waals surface area contributed by atoms with Gasteiger partial charge in [-0.15, -0.1) is 34.5 Å². The summed E-state index contributed by atoms with van der Waals surface area (Å²) in [5, 5.41) is 5.42. The Balaban J connectivity index is 2.47. The van der Waals surface area contributed by atoms with Gasteiger partial charge in [-0.05, 0) is 28.9 Å². The van der Waals surface area contributed by atoms with Crippen LogP contribution in [-0.4, -0.2) is 17.3 Å². The van der Waals surface area contributed by atoms with Gasteiger partial charge in [-0.2, -0.15) is 0 Å². The van der Waals surface area contributed by atoms with Crippen molar-refractivity contribution in [2.24, 2.45) is 0 Å². The maximum absolute atomic E-state index is 5.83. The zero-order valence-corrected chi connectivity index (χ0v) is 11.7. The van der Waals surface area contributed by atoms with E-state index in [9.17, 15) is 0 Å². The van der Waals surface area contributed by atoms with Gasteiger partial charge in [-0.1, -0.05) is 0 Å². The van der Waals surface area contributed by atoms with Crippen molar-refractivity contribution in [3.05, 3.63) is 20.8 Å². The second-order valence-corrected chi connectivity index (χ2v) is 5.86. The Labute approximate surface area is 107 Å². The van der Waals surface area contributed by atoms with E-state index in [2.05, 4.69) is 32.7 Å². The molecule has 0 amide bonds. The van der Waals surface area contributed by atoms with Crippen LogP contribution in [0.2, 0.25) is 0 Å². The maximum atomic E-state index is 5.83. The van der Waals surface area contributed by atoms with Gasteiger partial charge in [-0.25, -0.2) is 0 Å². The fourth-order valence-electron chi connectivity index (χ4n) is 0.877. The Morgan fingerprint density at radius 1 is 1.50 bits per heavy atom. The van der Waals surface area contributed by atoms with Crippen molar-refractivity contribution in [3.63, 3.8) is 0 Å². The predicted octanol–water partition coefficient (Wildman–Crippen LogP) is 3.84. The van der Waals surface area contributed by atoms with E-state index in [1.54, 1.807) is 11.3 Å². The van der Waals surface area contributed by atoms with Crippen LogP contribution >= 0.6 is 50.5 Å². The Hall–Kier alpha value is 0.720. The number of rotatable bonds is 5. The summed E-state index contributed by atoms with van der Waals surface area (Å²) in [5.41, 5.74) is -0.181. The van der Waals surface area contributed by atoms with E-state index in [1.807, 2.05) is 6.92 Å². The molecule has 0 radical (unpaired) electrons. The minimum Gasteiger partial charge on any atom is -0.304 e. The average molecular weight is 317 g/mol. The molecule has 1 N–H and O–H groups in total. The Morgan fingerprint density at radius 3 is 2.57 bits per heavy atom. The molecule has 0 fully saturated rings. The number of hydrogen-bond donors (Lipinski definition) is 1. The Kier molecular flexibility index (Phi) is 5.21. The van der Waals surface area contributed by atoms with Gasteiger partial charge in [-0.3, -0.25) is 0 Å². The van der Waals surface area contributed by atoms with E-state index in [-0.39, 0.29) is 5.54 Å². The molecule has 5 heteroatoms. The summed E-state index contributed by atoms with van der Waals surface area (Å²) < 4.78 is 1.12. The van der Waals surface area contributed by atoms with E-state index in [4.69, 9.17) is 23.2 Å². The van der Waals surface area contributed by atoms with Gasteiger partial charge in [0.15, 0.2) is 0 Å². The largest absolute Gasteiger partial charge is 0.304 e. The third-order valence-electron chi connectivity index (χ3n) is 1.90. The van der Waals surface area contributed by atoms with Gasteiger partial charge < -0.3 is 5.32 Å². The summed E-state index contributed by atoms with van der Waals surface area (Å²) in [4.78, 5) is 1.28. The topological polar surface area (TPSA) is 12.0 Å². The summed E-state index contributed by atoms with van der Waals surface area (Å²) in [7, 11) is 0. The molecule has 0 aliphatic carbocycles. The summed E-state index contributed by atoms with van der Waals surface area (Å²) in [6.45, 7) is 2.84. The Bertz CT molecular complexity index is 286. The minimum absolute atomic E-state index is 0.181.